The largest absolute Gasteiger partial charge is 0.309 e. The maximum absolute atomic E-state index is 12.1. The van der Waals surface area contributed by atoms with E-state index >= 15 is 0 Å². The molecule has 0 aliphatic heterocycles. The maximum atomic E-state index is 12.1. The molecule has 0 bridgehead atoms. The van der Waals surface area contributed by atoms with Crippen LogP contribution in [0, 0.1) is 0 Å². The van der Waals surface area contributed by atoms with Crippen molar-refractivity contribution in [3.05, 3.63) is 35.9 Å². The van der Waals surface area contributed by atoms with Crippen LogP contribution in [-0.2, 0) is 5.41 Å². The van der Waals surface area contributed by atoms with E-state index in [2.05, 4.69) is 31.3 Å². The molecule has 1 rings (SSSR count). The fraction of sp³-hybridized carbons (Fsp3) is 0.571. The highest BCUT2D eigenvalue weighted by molar-refractivity contribution is 5.23. The fourth-order valence-electron chi connectivity index (χ4n) is 2.14. The number of hydrogen-bond donors (Lipinski definition) is 1. The number of nitrogens with one attached hydrogen (secondary N) is 1. The molecule has 0 aliphatic rings. The Bertz CT molecular complexity index is 322. The third-order valence-electron chi connectivity index (χ3n) is 2.99. The van der Waals surface area contributed by atoms with E-state index in [4.69, 9.17) is 0 Å². The minimum absolute atomic E-state index is 0.00417. The predicted octanol–water partition coefficient (Wildman–Crippen LogP) is 3.60. The van der Waals surface area contributed by atoms with E-state index < -0.39 is 6.43 Å². The molecule has 0 saturated heterocycles. The summed E-state index contributed by atoms with van der Waals surface area (Å²) in [6.45, 7) is 6.00. The highest BCUT2D eigenvalue weighted by atomic mass is 19.3. The van der Waals surface area contributed by atoms with E-state index in [1.54, 1.807) is 0 Å². The van der Waals surface area contributed by atoms with Crippen molar-refractivity contribution in [1.29, 1.82) is 0 Å². The number of rotatable bonds is 6. The maximum Gasteiger partial charge on any atom is 0.250 e. The predicted molar refractivity (Wildman–Crippen MR) is 67.6 cm³/mol. The topological polar surface area (TPSA) is 12.0 Å². The van der Waals surface area contributed by atoms with E-state index in [0.29, 0.717) is 0 Å². The highest BCUT2D eigenvalue weighted by Crippen LogP contribution is 2.28. The van der Waals surface area contributed by atoms with Crippen LogP contribution in [-0.4, -0.2) is 19.0 Å². The van der Waals surface area contributed by atoms with Gasteiger partial charge in [0.1, 0.15) is 0 Å². The van der Waals surface area contributed by atoms with Gasteiger partial charge >= 0.3 is 0 Å². The lowest BCUT2D eigenvalue weighted by Gasteiger charge is -2.29. The molecule has 1 unspecified atom stereocenters. The van der Waals surface area contributed by atoms with Crippen LogP contribution in [0.4, 0.5) is 8.78 Å². The third kappa shape index (κ3) is 4.82. The summed E-state index contributed by atoms with van der Waals surface area (Å²) >= 11 is 0. The molecule has 17 heavy (non-hydrogen) atoms. The Morgan fingerprint density at radius 1 is 1.18 bits per heavy atom. The Hall–Kier alpha value is -0.960. The Morgan fingerprint density at radius 2 is 1.76 bits per heavy atom. The normalized spacial score (nSPS) is 14.0. The Morgan fingerprint density at radius 3 is 2.29 bits per heavy atom. The number of hydrogen-bond acceptors (Lipinski definition) is 1. The van der Waals surface area contributed by atoms with Gasteiger partial charge in [0.15, 0.2) is 0 Å². The summed E-state index contributed by atoms with van der Waals surface area (Å²) in [5.74, 6) is 0. The molecule has 3 heteroatoms. The van der Waals surface area contributed by atoms with Crippen LogP contribution in [0.15, 0.2) is 30.3 Å². The molecule has 0 fully saturated rings. The van der Waals surface area contributed by atoms with Crippen LogP contribution in [0.1, 0.15) is 32.8 Å². The van der Waals surface area contributed by atoms with Gasteiger partial charge < -0.3 is 5.32 Å². The first-order chi connectivity index (χ1) is 7.92. The molecule has 1 aromatic carbocycles. The van der Waals surface area contributed by atoms with Crippen molar-refractivity contribution in [3.8, 4) is 0 Å². The zero-order valence-electron chi connectivity index (χ0n) is 10.7. The van der Waals surface area contributed by atoms with Crippen molar-refractivity contribution in [1.82, 2.24) is 5.32 Å². The van der Waals surface area contributed by atoms with Crippen LogP contribution in [0.3, 0.4) is 0 Å². The van der Waals surface area contributed by atoms with Gasteiger partial charge in [0.2, 0.25) is 0 Å². The summed E-state index contributed by atoms with van der Waals surface area (Å²) in [5, 5.41) is 2.86. The molecule has 1 aromatic rings. The minimum atomic E-state index is -2.28. The van der Waals surface area contributed by atoms with Gasteiger partial charge in [-0.1, -0.05) is 44.2 Å². The van der Waals surface area contributed by atoms with Gasteiger partial charge in [0.25, 0.3) is 6.43 Å². The van der Waals surface area contributed by atoms with E-state index in [1.807, 2.05) is 25.1 Å². The molecule has 0 saturated carbocycles. The van der Waals surface area contributed by atoms with Crippen molar-refractivity contribution in [2.45, 2.75) is 45.1 Å². The van der Waals surface area contributed by atoms with Gasteiger partial charge in [-0.05, 0) is 24.3 Å². The Balaban J connectivity index is 2.54. The molecular weight excluding hydrogens is 220 g/mol. The lowest BCUT2D eigenvalue weighted by atomic mass is 9.79. The van der Waals surface area contributed by atoms with Gasteiger partial charge in [0.05, 0.1) is 6.54 Å². The molecule has 1 N–H and O–H groups in total. The van der Waals surface area contributed by atoms with Crippen molar-refractivity contribution in [2.24, 2.45) is 0 Å². The van der Waals surface area contributed by atoms with Gasteiger partial charge in [-0.2, -0.15) is 0 Å². The molecule has 0 radical (unpaired) electrons. The summed E-state index contributed by atoms with van der Waals surface area (Å²) in [7, 11) is 0. The van der Waals surface area contributed by atoms with Crippen molar-refractivity contribution in [2.75, 3.05) is 6.54 Å². The number of halogens is 2. The Kier molecular flexibility index (Phi) is 5.06. The molecular formula is C14H21F2N. The first-order valence-electron chi connectivity index (χ1n) is 5.99. The Labute approximate surface area is 102 Å². The summed E-state index contributed by atoms with van der Waals surface area (Å²) in [6.07, 6.45) is -1.44. The van der Waals surface area contributed by atoms with Crippen LogP contribution in [0.25, 0.3) is 0 Å². The second-order valence-corrected chi connectivity index (χ2v) is 5.15. The smallest absolute Gasteiger partial charge is 0.250 e. The van der Waals surface area contributed by atoms with Crippen molar-refractivity contribution >= 4 is 0 Å². The standard InChI is InChI=1S/C14H21F2N/c1-11(17-10-13(15)16)9-14(2,3)12-7-5-4-6-8-12/h4-8,11,13,17H,9-10H2,1-3H3. The molecule has 0 aliphatic carbocycles. The van der Waals surface area contributed by atoms with Gasteiger partial charge in [-0.3, -0.25) is 0 Å². The molecule has 96 valence electrons. The average molecular weight is 241 g/mol. The zero-order chi connectivity index (χ0) is 12.9. The monoisotopic (exact) mass is 241 g/mol. The number of benzene rings is 1. The second kappa shape index (κ2) is 6.10. The van der Waals surface area contributed by atoms with Gasteiger partial charge in [-0.15, -0.1) is 0 Å². The van der Waals surface area contributed by atoms with Crippen LogP contribution >= 0.6 is 0 Å². The summed E-state index contributed by atoms with van der Waals surface area (Å²) in [4.78, 5) is 0. The average Bonchev–Trinajstić information content (AvgIpc) is 2.27. The highest BCUT2D eigenvalue weighted by Gasteiger charge is 2.23. The molecule has 0 aromatic heterocycles. The first-order valence-corrected chi connectivity index (χ1v) is 5.99. The molecule has 0 spiro atoms. The SMILES string of the molecule is CC(CC(C)(C)c1ccccc1)NCC(F)F. The van der Waals surface area contributed by atoms with E-state index in [-0.39, 0.29) is 18.0 Å². The first kappa shape index (κ1) is 14.1. The van der Waals surface area contributed by atoms with Crippen LogP contribution in [0.5, 0.6) is 0 Å². The van der Waals surface area contributed by atoms with Crippen LogP contribution < -0.4 is 5.32 Å². The quantitative estimate of drug-likeness (QED) is 0.802. The van der Waals surface area contributed by atoms with Gasteiger partial charge in [0, 0.05) is 6.04 Å². The van der Waals surface area contributed by atoms with E-state index in [0.717, 1.165) is 6.42 Å². The van der Waals surface area contributed by atoms with E-state index in [1.165, 1.54) is 5.56 Å². The molecule has 0 amide bonds. The fourth-order valence-corrected chi connectivity index (χ4v) is 2.14. The minimum Gasteiger partial charge on any atom is -0.309 e. The molecule has 1 nitrogen and oxygen atoms in total. The summed E-state index contributed by atoms with van der Waals surface area (Å²) in [5.41, 5.74) is 1.24. The third-order valence-corrected chi connectivity index (χ3v) is 2.99. The summed E-state index contributed by atoms with van der Waals surface area (Å²) < 4.78 is 24.2. The summed E-state index contributed by atoms with van der Waals surface area (Å²) in [6, 6.07) is 10.2. The zero-order valence-corrected chi connectivity index (χ0v) is 10.7. The van der Waals surface area contributed by atoms with E-state index in [9.17, 15) is 8.78 Å². The van der Waals surface area contributed by atoms with Gasteiger partial charge in [-0.25, -0.2) is 8.78 Å². The molecule has 1 atom stereocenters. The molecule has 0 heterocycles. The van der Waals surface area contributed by atoms with Crippen molar-refractivity contribution in [3.63, 3.8) is 0 Å². The van der Waals surface area contributed by atoms with Crippen molar-refractivity contribution < 1.29 is 8.78 Å². The lowest BCUT2D eigenvalue weighted by molar-refractivity contribution is 0.140. The lowest BCUT2D eigenvalue weighted by Crippen LogP contribution is -2.35. The van der Waals surface area contributed by atoms with Crippen LogP contribution in [0.2, 0.25) is 0 Å². The number of alkyl halides is 2. The second-order valence-electron chi connectivity index (χ2n) is 5.15.